The zero-order valence-electron chi connectivity index (χ0n) is 12.2. The van der Waals surface area contributed by atoms with E-state index in [2.05, 4.69) is 4.90 Å². The number of fused-ring (bicyclic) bond motifs is 1. The van der Waals surface area contributed by atoms with Gasteiger partial charge >= 0.3 is 0 Å². The average Bonchev–Trinajstić information content (AvgIpc) is 2.95. The lowest BCUT2D eigenvalue weighted by Crippen LogP contribution is -2.49. The molecule has 0 aromatic heterocycles. The van der Waals surface area contributed by atoms with E-state index in [0.29, 0.717) is 6.04 Å². The molecule has 1 aliphatic heterocycles. The van der Waals surface area contributed by atoms with E-state index in [-0.39, 0.29) is 5.91 Å². The maximum absolute atomic E-state index is 12.7. The summed E-state index contributed by atoms with van der Waals surface area (Å²) < 4.78 is 0. The average molecular weight is 272 g/mol. The molecule has 2 N–H and O–H groups in total. The molecule has 2 aliphatic rings. The zero-order valence-corrected chi connectivity index (χ0v) is 12.2. The highest BCUT2D eigenvalue weighted by atomic mass is 16.2. The molecule has 0 bridgehead atoms. The van der Waals surface area contributed by atoms with Gasteiger partial charge in [-0.25, -0.2) is 0 Å². The van der Waals surface area contributed by atoms with Crippen molar-refractivity contribution >= 4 is 5.91 Å². The van der Waals surface area contributed by atoms with Crippen LogP contribution in [-0.2, 0) is 4.79 Å². The number of carbonyl (C=O) groups excluding carboxylic acids is 1. The number of hydrogen-bond donors (Lipinski definition) is 1. The van der Waals surface area contributed by atoms with Gasteiger partial charge in [-0.3, -0.25) is 4.79 Å². The molecule has 1 saturated carbocycles. The number of nitrogens with zero attached hydrogens (tertiary/aromatic N) is 1. The fraction of sp³-hybridized carbons (Fsp3) is 0.588. The van der Waals surface area contributed by atoms with E-state index < -0.39 is 6.04 Å². The number of piperidine rings is 1. The van der Waals surface area contributed by atoms with Crippen LogP contribution < -0.4 is 5.73 Å². The molecule has 1 aromatic rings. The lowest BCUT2D eigenvalue weighted by molar-refractivity contribution is -0.137. The third-order valence-corrected chi connectivity index (χ3v) is 4.98. The van der Waals surface area contributed by atoms with Crippen molar-refractivity contribution in [2.75, 3.05) is 6.54 Å². The van der Waals surface area contributed by atoms with Gasteiger partial charge in [-0.1, -0.05) is 36.2 Å². The molecule has 1 aromatic carbocycles. The van der Waals surface area contributed by atoms with Crippen molar-refractivity contribution in [1.82, 2.24) is 4.90 Å². The van der Waals surface area contributed by atoms with Crippen LogP contribution in [0.5, 0.6) is 0 Å². The highest BCUT2D eigenvalue weighted by molar-refractivity contribution is 5.83. The number of rotatable bonds is 2. The number of benzene rings is 1. The minimum atomic E-state index is -0.505. The van der Waals surface area contributed by atoms with E-state index in [4.69, 9.17) is 5.73 Å². The second-order valence-corrected chi connectivity index (χ2v) is 6.32. The lowest BCUT2D eigenvalue weighted by Gasteiger charge is -2.39. The number of carbonyl (C=O) groups is 1. The van der Waals surface area contributed by atoms with Crippen LogP contribution >= 0.6 is 0 Å². The van der Waals surface area contributed by atoms with Crippen molar-refractivity contribution in [1.29, 1.82) is 0 Å². The van der Waals surface area contributed by atoms with E-state index in [9.17, 15) is 4.79 Å². The van der Waals surface area contributed by atoms with Crippen LogP contribution in [0.1, 0.15) is 49.3 Å². The molecule has 108 valence electrons. The number of aryl methyl sites for hydroxylation is 1. The highest BCUT2D eigenvalue weighted by Crippen LogP contribution is 2.37. The Kier molecular flexibility index (Phi) is 3.79. The van der Waals surface area contributed by atoms with Crippen LogP contribution in [0, 0.1) is 12.8 Å². The fourth-order valence-electron chi connectivity index (χ4n) is 3.82. The minimum Gasteiger partial charge on any atom is -0.338 e. The molecule has 1 saturated heterocycles. The standard InChI is InChI=1S/C17H24N2O/c1-12-7-9-14(10-8-12)16(18)17(20)19-11-3-5-13-4-2-6-15(13)19/h7-10,13,15-16H,2-6,11,18H2,1H3. The van der Waals surface area contributed by atoms with Gasteiger partial charge in [0.1, 0.15) is 6.04 Å². The minimum absolute atomic E-state index is 0.116. The van der Waals surface area contributed by atoms with Gasteiger partial charge < -0.3 is 10.6 Å². The molecule has 1 amide bonds. The SMILES string of the molecule is Cc1ccc(C(N)C(=O)N2CCCC3CCCC32)cc1. The summed E-state index contributed by atoms with van der Waals surface area (Å²) >= 11 is 0. The number of amides is 1. The first-order chi connectivity index (χ1) is 9.66. The zero-order chi connectivity index (χ0) is 14.1. The van der Waals surface area contributed by atoms with E-state index in [1.807, 2.05) is 31.2 Å². The van der Waals surface area contributed by atoms with E-state index >= 15 is 0 Å². The Balaban J connectivity index is 1.75. The summed E-state index contributed by atoms with van der Waals surface area (Å²) in [7, 11) is 0. The van der Waals surface area contributed by atoms with Gasteiger partial charge in [-0.05, 0) is 44.1 Å². The van der Waals surface area contributed by atoms with Crippen molar-refractivity contribution in [3.63, 3.8) is 0 Å². The first kappa shape index (κ1) is 13.6. The lowest BCUT2D eigenvalue weighted by atomic mass is 9.91. The molecule has 3 atom stereocenters. The van der Waals surface area contributed by atoms with E-state index in [0.717, 1.165) is 30.9 Å². The van der Waals surface area contributed by atoms with Gasteiger partial charge in [0.2, 0.25) is 5.91 Å². The maximum Gasteiger partial charge on any atom is 0.244 e. The van der Waals surface area contributed by atoms with Crippen molar-refractivity contribution in [3.8, 4) is 0 Å². The summed E-state index contributed by atoms with van der Waals surface area (Å²) in [5.74, 6) is 0.836. The van der Waals surface area contributed by atoms with Gasteiger partial charge in [0.25, 0.3) is 0 Å². The fourth-order valence-corrected chi connectivity index (χ4v) is 3.82. The smallest absolute Gasteiger partial charge is 0.244 e. The maximum atomic E-state index is 12.7. The van der Waals surface area contributed by atoms with Crippen molar-refractivity contribution in [3.05, 3.63) is 35.4 Å². The Morgan fingerprint density at radius 2 is 1.90 bits per heavy atom. The van der Waals surface area contributed by atoms with Gasteiger partial charge in [-0.2, -0.15) is 0 Å². The van der Waals surface area contributed by atoms with Gasteiger partial charge in [0, 0.05) is 12.6 Å². The predicted molar refractivity (Wildman–Crippen MR) is 80.2 cm³/mol. The van der Waals surface area contributed by atoms with E-state index in [1.54, 1.807) is 0 Å². The summed E-state index contributed by atoms with van der Waals surface area (Å²) in [6, 6.07) is 7.96. The summed E-state index contributed by atoms with van der Waals surface area (Å²) in [6.45, 7) is 2.93. The molecule has 3 unspecified atom stereocenters. The number of likely N-dealkylation sites (tertiary alicyclic amines) is 1. The van der Waals surface area contributed by atoms with Crippen LogP contribution in [0.2, 0.25) is 0 Å². The van der Waals surface area contributed by atoms with Crippen LogP contribution in [0.15, 0.2) is 24.3 Å². The van der Waals surface area contributed by atoms with Crippen LogP contribution in [0.4, 0.5) is 0 Å². The highest BCUT2D eigenvalue weighted by Gasteiger charge is 2.38. The van der Waals surface area contributed by atoms with Crippen molar-refractivity contribution in [2.45, 2.75) is 51.1 Å². The molecular weight excluding hydrogens is 248 g/mol. The third kappa shape index (κ3) is 2.47. The molecule has 3 rings (SSSR count). The Morgan fingerprint density at radius 3 is 2.65 bits per heavy atom. The second kappa shape index (κ2) is 5.57. The Morgan fingerprint density at radius 1 is 1.20 bits per heavy atom. The van der Waals surface area contributed by atoms with Crippen molar-refractivity contribution in [2.24, 2.45) is 11.7 Å². The van der Waals surface area contributed by atoms with Gasteiger partial charge in [0.15, 0.2) is 0 Å². The Bertz CT molecular complexity index is 482. The number of hydrogen-bond acceptors (Lipinski definition) is 2. The Labute approximate surface area is 121 Å². The number of nitrogens with two attached hydrogens (primary N) is 1. The second-order valence-electron chi connectivity index (χ2n) is 6.32. The van der Waals surface area contributed by atoms with E-state index in [1.165, 1.54) is 24.8 Å². The molecule has 0 spiro atoms. The van der Waals surface area contributed by atoms with Gasteiger partial charge in [-0.15, -0.1) is 0 Å². The molecule has 3 heteroatoms. The first-order valence-electron chi connectivity index (χ1n) is 7.79. The molecule has 20 heavy (non-hydrogen) atoms. The Hall–Kier alpha value is -1.35. The van der Waals surface area contributed by atoms with Gasteiger partial charge in [0.05, 0.1) is 0 Å². The summed E-state index contributed by atoms with van der Waals surface area (Å²) in [5.41, 5.74) is 8.34. The van der Waals surface area contributed by atoms with Crippen LogP contribution in [0.25, 0.3) is 0 Å². The normalized spacial score (nSPS) is 27.2. The summed E-state index contributed by atoms with van der Waals surface area (Å²) in [6.07, 6.45) is 6.13. The molecule has 1 heterocycles. The molecular formula is C17H24N2O. The van der Waals surface area contributed by atoms with Crippen molar-refractivity contribution < 1.29 is 4.79 Å². The third-order valence-electron chi connectivity index (χ3n) is 4.98. The quantitative estimate of drug-likeness (QED) is 0.900. The molecule has 0 radical (unpaired) electrons. The van der Waals surface area contributed by atoms with Crippen LogP contribution in [0.3, 0.4) is 0 Å². The largest absolute Gasteiger partial charge is 0.338 e. The van der Waals surface area contributed by atoms with Crippen LogP contribution in [-0.4, -0.2) is 23.4 Å². The summed E-state index contributed by atoms with van der Waals surface area (Å²) in [5, 5.41) is 0. The molecule has 1 aliphatic carbocycles. The topological polar surface area (TPSA) is 46.3 Å². The predicted octanol–water partition coefficient (Wildman–Crippen LogP) is 2.79. The molecule has 2 fully saturated rings. The molecule has 3 nitrogen and oxygen atoms in total. The summed E-state index contributed by atoms with van der Waals surface area (Å²) in [4.78, 5) is 14.8. The first-order valence-corrected chi connectivity index (χ1v) is 7.79. The monoisotopic (exact) mass is 272 g/mol.